The summed E-state index contributed by atoms with van der Waals surface area (Å²) in [5.41, 5.74) is 7.31. The van der Waals surface area contributed by atoms with Gasteiger partial charge in [0, 0.05) is 18.7 Å². The number of nitrogens with two attached hydrogens (primary N) is 1. The van der Waals surface area contributed by atoms with Crippen molar-refractivity contribution in [3.8, 4) is 0 Å². The number of nitrogens with one attached hydrogen (secondary N) is 1. The Morgan fingerprint density at radius 1 is 1.19 bits per heavy atom. The molecule has 1 atom stereocenters. The molecule has 1 aromatic carbocycles. The quantitative estimate of drug-likeness (QED) is 0.653. The molecule has 108 valence electrons. The third-order valence-corrected chi connectivity index (χ3v) is 3.80. The van der Waals surface area contributed by atoms with Crippen molar-refractivity contribution in [2.45, 2.75) is 18.8 Å². The Morgan fingerprint density at radius 3 is 2.62 bits per heavy atom. The summed E-state index contributed by atoms with van der Waals surface area (Å²) >= 11 is 0. The van der Waals surface area contributed by atoms with Crippen LogP contribution < -0.4 is 11.1 Å². The Hall–Kier alpha value is -2.36. The van der Waals surface area contributed by atoms with Crippen molar-refractivity contribution < 1.29 is 0 Å². The topological polar surface area (TPSA) is 63.3 Å². The summed E-state index contributed by atoms with van der Waals surface area (Å²) in [6.07, 6.45) is 4.32. The zero-order chi connectivity index (χ0) is 14.5. The minimum Gasteiger partial charge on any atom is -0.370 e. The van der Waals surface area contributed by atoms with Crippen LogP contribution >= 0.6 is 0 Å². The van der Waals surface area contributed by atoms with Crippen LogP contribution in [0.2, 0.25) is 0 Å². The van der Waals surface area contributed by atoms with Crippen LogP contribution in [-0.2, 0) is 0 Å². The summed E-state index contributed by atoms with van der Waals surface area (Å²) in [5.74, 6) is 2.37. The Labute approximate surface area is 125 Å². The summed E-state index contributed by atoms with van der Waals surface area (Å²) in [6, 6.07) is 16.2. The largest absolute Gasteiger partial charge is 0.370 e. The molecule has 0 saturated heterocycles. The van der Waals surface area contributed by atoms with Crippen LogP contribution in [0.1, 0.15) is 24.3 Å². The van der Waals surface area contributed by atoms with Gasteiger partial charge in [-0.1, -0.05) is 36.4 Å². The number of nitrogens with zero attached hydrogens (tertiary/aromatic N) is 2. The number of hydrogen-bond acceptors (Lipinski definition) is 2. The summed E-state index contributed by atoms with van der Waals surface area (Å²) in [7, 11) is 0. The lowest BCUT2D eigenvalue weighted by Gasteiger charge is -2.14. The van der Waals surface area contributed by atoms with Crippen LogP contribution in [0.25, 0.3) is 0 Å². The van der Waals surface area contributed by atoms with Gasteiger partial charge in [0.2, 0.25) is 0 Å². The molecule has 1 aliphatic carbocycles. The van der Waals surface area contributed by atoms with Gasteiger partial charge in [0.25, 0.3) is 0 Å². The van der Waals surface area contributed by atoms with E-state index < -0.39 is 0 Å². The lowest BCUT2D eigenvalue weighted by atomic mass is 9.94. The summed E-state index contributed by atoms with van der Waals surface area (Å²) in [4.78, 5) is 8.68. The second-order valence-corrected chi connectivity index (χ2v) is 5.42. The number of aromatic nitrogens is 1. The third kappa shape index (κ3) is 3.81. The molecule has 0 bridgehead atoms. The van der Waals surface area contributed by atoms with Crippen molar-refractivity contribution in [3.63, 3.8) is 0 Å². The molecule has 1 aliphatic rings. The van der Waals surface area contributed by atoms with E-state index in [0.29, 0.717) is 11.9 Å². The Bertz CT molecular complexity index is 591. The number of guanidine groups is 1. The zero-order valence-electron chi connectivity index (χ0n) is 11.9. The third-order valence-electron chi connectivity index (χ3n) is 3.80. The summed E-state index contributed by atoms with van der Waals surface area (Å²) in [5, 5.41) is 3.02. The summed E-state index contributed by atoms with van der Waals surface area (Å²) in [6.45, 7) is 0.723. The van der Waals surface area contributed by atoms with Crippen molar-refractivity contribution in [2.75, 3.05) is 11.9 Å². The fourth-order valence-corrected chi connectivity index (χ4v) is 2.53. The van der Waals surface area contributed by atoms with Crippen LogP contribution in [0.4, 0.5) is 5.82 Å². The first-order chi connectivity index (χ1) is 10.3. The molecule has 0 aliphatic heterocycles. The number of benzene rings is 1. The SMILES string of the molecule is NC(=NCC(c1ccccc1)C1CC1)Nc1ccccn1. The van der Waals surface area contributed by atoms with E-state index in [4.69, 9.17) is 5.73 Å². The van der Waals surface area contributed by atoms with E-state index in [0.717, 1.165) is 18.3 Å². The number of rotatable bonds is 5. The average Bonchev–Trinajstić information content (AvgIpc) is 3.34. The minimum atomic E-state index is 0.426. The lowest BCUT2D eigenvalue weighted by Crippen LogP contribution is -2.24. The maximum Gasteiger partial charge on any atom is 0.194 e. The molecular formula is C17H20N4. The predicted octanol–water partition coefficient (Wildman–Crippen LogP) is 3.00. The molecule has 4 nitrogen and oxygen atoms in total. The number of pyridine rings is 1. The Morgan fingerprint density at radius 2 is 1.95 bits per heavy atom. The van der Waals surface area contributed by atoms with E-state index in [-0.39, 0.29) is 0 Å². The average molecular weight is 280 g/mol. The normalized spacial score (nSPS) is 16.5. The molecule has 1 unspecified atom stereocenters. The highest BCUT2D eigenvalue weighted by Crippen LogP contribution is 2.42. The second kappa shape index (κ2) is 6.39. The first kappa shape index (κ1) is 13.6. The molecule has 1 saturated carbocycles. The van der Waals surface area contributed by atoms with Crippen LogP contribution in [0.3, 0.4) is 0 Å². The van der Waals surface area contributed by atoms with Gasteiger partial charge in [-0.05, 0) is 36.5 Å². The second-order valence-electron chi connectivity index (χ2n) is 5.42. The highest BCUT2D eigenvalue weighted by Gasteiger charge is 2.31. The van der Waals surface area contributed by atoms with Gasteiger partial charge in [-0.3, -0.25) is 4.99 Å². The van der Waals surface area contributed by atoms with Gasteiger partial charge < -0.3 is 11.1 Å². The van der Waals surface area contributed by atoms with Crippen molar-refractivity contribution >= 4 is 11.8 Å². The first-order valence-corrected chi connectivity index (χ1v) is 7.36. The van der Waals surface area contributed by atoms with E-state index in [2.05, 4.69) is 39.6 Å². The van der Waals surface area contributed by atoms with Gasteiger partial charge in [-0.15, -0.1) is 0 Å². The molecule has 1 aromatic heterocycles. The van der Waals surface area contributed by atoms with Gasteiger partial charge in [0.05, 0.1) is 0 Å². The maximum absolute atomic E-state index is 5.95. The number of anilines is 1. The smallest absolute Gasteiger partial charge is 0.194 e. The maximum atomic E-state index is 5.95. The number of hydrogen-bond donors (Lipinski definition) is 2. The standard InChI is InChI=1S/C17H20N4/c18-17(21-16-8-4-5-11-19-16)20-12-15(14-9-10-14)13-6-2-1-3-7-13/h1-8,11,14-15H,9-10,12H2,(H3,18,19,20,21). The van der Waals surface area contributed by atoms with Gasteiger partial charge >= 0.3 is 0 Å². The monoisotopic (exact) mass is 280 g/mol. The van der Waals surface area contributed by atoms with E-state index in [9.17, 15) is 0 Å². The molecule has 3 N–H and O–H groups in total. The highest BCUT2D eigenvalue weighted by molar-refractivity contribution is 5.91. The molecule has 1 fully saturated rings. The van der Waals surface area contributed by atoms with Gasteiger partial charge in [-0.25, -0.2) is 4.98 Å². The molecule has 2 aromatic rings. The molecule has 0 spiro atoms. The van der Waals surface area contributed by atoms with Gasteiger partial charge in [0.1, 0.15) is 5.82 Å². The van der Waals surface area contributed by atoms with Crippen molar-refractivity contribution in [1.82, 2.24) is 4.98 Å². The van der Waals surface area contributed by atoms with Gasteiger partial charge in [-0.2, -0.15) is 0 Å². The predicted molar refractivity (Wildman–Crippen MR) is 86.3 cm³/mol. The van der Waals surface area contributed by atoms with Crippen LogP contribution in [0, 0.1) is 5.92 Å². The lowest BCUT2D eigenvalue weighted by molar-refractivity contribution is 0.617. The van der Waals surface area contributed by atoms with Crippen molar-refractivity contribution in [1.29, 1.82) is 0 Å². The minimum absolute atomic E-state index is 0.426. The molecule has 3 rings (SSSR count). The zero-order valence-corrected chi connectivity index (χ0v) is 11.9. The first-order valence-electron chi connectivity index (χ1n) is 7.36. The van der Waals surface area contributed by atoms with Crippen molar-refractivity contribution in [3.05, 3.63) is 60.3 Å². The Balaban J connectivity index is 1.65. The molecule has 4 heteroatoms. The Kier molecular flexibility index (Phi) is 4.15. The molecule has 0 radical (unpaired) electrons. The van der Waals surface area contributed by atoms with Crippen LogP contribution in [0.5, 0.6) is 0 Å². The molecule has 21 heavy (non-hydrogen) atoms. The molecule has 1 heterocycles. The fourth-order valence-electron chi connectivity index (χ4n) is 2.53. The van der Waals surface area contributed by atoms with Crippen LogP contribution in [-0.4, -0.2) is 17.5 Å². The van der Waals surface area contributed by atoms with E-state index >= 15 is 0 Å². The molecular weight excluding hydrogens is 260 g/mol. The van der Waals surface area contributed by atoms with E-state index in [1.807, 2.05) is 24.3 Å². The van der Waals surface area contributed by atoms with Crippen LogP contribution in [0.15, 0.2) is 59.7 Å². The fraction of sp³-hybridized carbons (Fsp3) is 0.294. The number of aliphatic imine (C=N–C) groups is 1. The highest BCUT2D eigenvalue weighted by atomic mass is 15.1. The molecule has 0 amide bonds. The summed E-state index contributed by atoms with van der Waals surface area (Å²) < 4.78 is 0. The van der Waals surface area contributed by atoms with E-state index in [1.165, 1.54) is 18.4 Å². The van der Waals surface area contributed by atoms with Gasteiger partial charge in [0.15, 0.2) is 5.96 Å². The van der Waals surface area contributed by atoms with E-state index in [1.54, 1.807) is 6.20 Å². The van der Waals surface area contributed by atoms with Crippen molar-refractivity contribution in [2.24, 2.45) is 16.6 Å².